The van der Waals surface area contributed by atoms with E-state index in [4.69, 9.17) is 0 Å². The molecule has 3 aromatic rings. The van der Waals surface area contributed by atoms with E-state index in [1.807, 2.05) is 24.3 Å². The Labute approximate surface area is 172 Å². The molecule has 0 aliphatic heterocycles. The molecule has 0 radical (unpaired) electrons. The second kappa shape index (κ2) is 8.12. The lowest BCUT2D eigenvalue weighted by Crippen LogP contribution is -2.12. The van der Waals surface area contributed by atoms with Crippen molar-refractivity contribution in [3.05, 3.63) is 98.1 Å². The summed E-state index contributed by atoms with van der Waals surface area (Å²) in [6.45, 7) is 0. The first-order valence-electron chi connectivity index (χ1n) is 9.42. The van der Waals surface area contributed by atoms with Gasteiger partial charge < -0.3 is 0 Å². The van der Waals surface area contributed by atoms with Gasteiger partial charge in [0.1, 0.15) is 5.69 Å². The van der Waals surface area contributed by atoms with Crippen molar-refractivity contribution in [2.45, 2.75) is 18.8 Å². The van der Waals surface area contributed by atoms with E-state index in [1.54, 1.807) is 6.21 Å². The van der Waals surface area contributed by atoms with Gasteiger partial charge in [0.15, 0.2) is 0 Å². The minimum atomic E-state index is -0.668. The molecule has 0 bridgehead atoms. The third kappa shape index (κ3) is 3.75. The predicted molar refractivity (Wildman–Crippen MR) is 115 cm³/mol. The normalized spacial score (nSPS) is 14.7. The molecular weight excluding hydrogens is 384 g/mol. The van der Waals surface area contributed by atoms with E-state index in [2.05, 4.69) is 34.8 Å². The standard InChI is InChI=1S/C22H18N4O4/c27-25(28)17-9-10-21(22(14-17)26(29)30)24-23-12-11-16-13-15-5-1-2-6-18(15)20-8-4-3-7-19(16)20/h1-10,12,14,16,24H,11,13H2/b23-12+/t16-/m1/s1. The fourth-order valence-corrected chi connectivity index (χ4v) is 3.82. The summed E-state index contributed by atoms with van der Waals surface area (Å²) in [4.78, 5) is 20.7. The van der Waals surface area contributed by atoms with E-state index in [1.165, 1.54) is 34.4 Å². The second-order valence-electron chi connectivity index (χ2n) is 7.02. The van der Waals surface area contributed by atoms with Crippen molar-refractivity contribution in [3.63, 3.8) is 0 Å². The first-order valence-corrected chi connectivity index (χ1v) is 9.42. The largest absolute Gasteiger partial charge is 0.301 e. The molecule has 8 nitrogen and oxygen atoms in total. The van der Waals surface area contributed by atoms with E-state index in [-0.39, 0.29) is 17.3 Å². The third-order valence-corrected chi connectivity index (χ3v) is 5.23. The minimum Gasteiger partial charge on any atom is -0.272 e. The molecule has 0 aromatic heterocycles. The summed E-state index contributed by atoms with van der Waals surface area (Å²) in [7, 11) is 0. The van der Waals surface area contributed by atoms with Gasteiger partial charge in [-0.15, -0.1) is 0 Å². The van der Waals surface area contributed by atoms with Crippen molar-refractivity contribution < 1.29 is 9.85 Å². The first kappa shape index (κ1) is 19.3. The summed E-state index contributed by atoms with van der Waals surface area (Å²) in [5.41, 5.74) is 7.04. The Kier molecular flexibility index (Phi) is 5.21. The second-order valence-corrected chi connectivity index (χ2v) is 7.02. The summed E-state index contributed by atoms with van der Waals surface area (Å²) in [6.07, 6.45) is 3.23. The summed E-state index contributed by atoms with van der Waals surface area (Å²) in [5.74, 6) is 0.244. The first-order chi connectivity index (χ1) is 14.5. The lowest BCUT2D eigenvalue weighted by atomic mass is 9.77. The Morgan fingerprint density at radius 3 is 2.47 bits per heavy atom. The molecule has 8 heteroatoms. The highest BCUT2D eigenvalue weighted by molar-refractivity contribution is 5.75. The number of hydrogen-bond acceptors (Lipinski definition) is 6. The Balaban J connectivity index is 1.51. The number of hydrogen-bond donors (Lipinski definition) is 1. The van der Waals surface area contributed by atoms with Crippen LogP contribution in [0.15, 0.2) is 71.8 Å². The topological polar surface area (TPSA) is 111 Å². The Morgan fingerprint density at radius 1 is 0.967 bits per heavy atom. The highest BCUT2D eigenvalue weighted by Crippen LogP contribution is 2.40. The number of nitrogens with zero attached hydrogens (tertiary/aromatic N) is 3. The molecule has 30 heavy (non-hydrogen) atoms. The molecule has 0 unspecified atom stereocenters. The van der Waals surface area contributed by atoms with Gasteiger partial charge in [0.2, 0.25) is 0 Å². The average molecular weight is 402 g/mol. The van der Waals surface area contributed by atoms with Crippen LogP contribution in [0.1, 0.15) is 23.5 Å². The maximum atomic E-state index is 11.2. The summed E-state index contributed by atoms with van der Waals surface area (Å²) in [5, 5.41) is 26.2. The average Bonchev–Trinajstić information content (AvgIpc) is 2.76. The Bertz CT molecular complexity index is 1160. The minimum absolute atomic E-state index is 0.108. The Hall–Kier alpha value is -4.07. The van der Waals surface area contributed by atoms with E-state index in [0.29, 0.717) is 6.42 Å². The molecule has 4 rings (SSSR count). The van der Waals surface area contributed by atoms with Crippen LogP contribution < -0.4 is 5.43 Å². The van der Waals surface area contributed by atoms with Crippen LogP contribution >= 0.6 is 0 Å². The molecule has 3 aromatic carbocycles. The molecule has 1 aliphatic carbocycles. The van der Waals surface area contributed by atoms with Crippen molar-refractivity contribution in [2.24, 2.45) is 5.10 Å². The van der Waals surface area contributed by atoms with Crippen molar-refractivity contribution >= 4 is 23.3 Å². The quantitative estimate of drug-likeness (QED) is 0.342. The zero-order valence-electron chi connectivity index (χ0n) is 15.9. The summed E-state index contributed by atoms with van der Waals surface area (Å²) < 4.78 is 0. The van der Waals surface area contributed by atoms with Gasteiger partial charge in [-0.05, 0) is 47.1 Å². The highest BCUT2D eigenvalue weighted by atomic mass is 16.6. The highest BCUT2D eigenvalue weighted by Gasteiger charge is 2.23. The maximum Gasteiger partial charge on any atom is 0.301 e. The molecule has 1 N–H and O–H groups in total. The molecule has 150 valence electrons. The molecular formula is C22H18N4O4. The van der Waals surface area contributed by atoms with Gasteiger partial charge in [-0.2, -0.15) is 5.10 Å². The van der Waals surface area contributed by atoms with Crippen molar-refractivity contribution in [1.29, 1.82) is 0 Å². The van der Waals surface area contributed by atoms with Crippen LogP contribution in [0, 0.1) is 20.2 Å². The van der Waals surface area contributed by atoms with Crippen molar-refractivity contribution in [2.75, 3.05) is 5.43 Å². The van der Waals surface area contributed by atoms with Gasteiger partial charge >= 0.3 is 5.69 Å². The van der Waals surface area contributed by atoms with Crippen LogP contribution in [0.4, 0.5) is 17.1 Å². The predicted octanol–water partition coefficient (Wildman–Crippen LogP) is 5.30. The number of non-ortho nitro benzene ring substituents is 1. The van der Waals surface area contributed by atoms with Crippen molar-refractivity contribution in [1.82, 2.24) is 0 Å². The fourth-order valence-electron chi connectivity index (χ4n) is 3.82. The van der Waals surface area contributed by atoms with Crippen molar-refractivity contribution in [3.8, 4) is 11.1 Å². The summed E-state index contributed by atoms with van der Waals surface area (Å²) >= 11 is 0. The summed E-state index contributed by atoms with van der Waals surface area (Å²) in [6, 6.07) is 20.1. The van der Waals surface area contributed by atoms with Crippen LogP contribution in [0.5, 0.6) is 0 Å². The number of fused-ring (bicyclic) bond motifs is 3. The van der Waals surface area contributed by atoms with Crippen LogP contribution in [0.3, 0.4) is 0 Å². The van der Waals surface area contributed by atoms with E-state index < -0.39 is 15.5 Å². The van der Waals surface area contributed by atoms with Gasteiger partial charge in [0.25, 0.3) is 5.69 Å². The third-order valence-electron chi connectivity index (χ3n) is 5.23. The molecule has 0 spiro atoms. The van der Waals surface area contributed by atoms with Gasteiger partial charge in [-0.1, -0.05) is 48.5 Å². The molecule has 0 heterocycles. The molecule has 1 aliphatic rings. The SMILES string of the molecule is O=[N+]([O-])c1ccc(N/N=C/C[C@@H]2Cc3ccccc3-c3ccccc32)c([N+](=O)[O-])c1. The number of benzene rings is 3. The van der Waals surface area contributed by atoms with Gasteiger partial charge in [-0.25, -0.2) is 0 Å². The van der Waals surface area contributed by atoms with Crippen LogP contribution in [-0.2, 0) is 6.42 Å². The van der Waals surface area contributed by atoms with Gasteiger partial charge in [0.05, 0.1) is 15.9 Å². The fraction of sp³-hybridized carbons (Fsp3) is 0.136. The number of anilines is 1. The number of hydrazone groups is 1. The number of nitro benzene ring substituents is 2. The smallest absolute Gasteiger partial charge is 0.272 e. The molecule has 0 fully saturated rings. The van der Waals surface area contributed by atoms with Crippen LogP contribution in [0.25, 0.3) is 11.1 Å². The van der Waals surface area contributed by atoms with Gasteiger partial charge in [-0.3, -0.25) is 25.7 Å². The molecule has 1 atom stereocenters. The van der Waals surface area contributed by atoms with E-state index in [9.17, 15) is 20.2 Å². The molecule has 0 saturated heterocycles. The zero-order valence-corrected chi connectivity index (χ0v) is 15.9. The lowest BCUT2D eigenvalue weighted by molar-refractivity contribution is -0.393. The number of nitrogens with one attached hydrogen (secondary N) is 1. The molecule has 0 amide bonds. The van der Waals surface area contributed by atoms with Crippen LogP contribution in [0.2, 0.25) is 0 Å². The Morgan fingerprint density at radius 2 is 1.70 bits per heavy atom. The van der Waals surface area contributed by atoms with Crippen LogP contribution in [-0.4, -0.2) is 16.1 Å². The molecule has 0 saturated carbocycles. The van der Waals surface area contributed by atoms with Gasteiger partial charge in [0, 0.05) is 12.3 Å². The van der Waals surface area contributed by atoms with E-state index in [0.717, 1.165) is 12.5 Å². The van der Waals surface area contributed by atoms with E-state index >= 15 is 0 Å². The lowest BCUT2D eigenvalue weighted by Gasteiger charge is -2.26. The monoisotopic (exact) mass is 402 g/mol. The number of nitro groups is 2. The maximum absolute atomic E-state index is 11.2. The zero-order chi connectivity index (χ0) is 21.1. The number of rotatable bonds is 6.